The number of non-ortho nitro benzene ring substituents is 1. The first kappa shape index (κ1) is 12.2. The first-order chi connectivity index (χ1) is 9.72. The number of nitrogens with one attached hydrogen (secondary N) is 1. The Kier molecular flexibility index (Phi) is 3.04. The normalized spacial score (nSPS) is 10.6. The van der Waals surface area contributed by atoms with Crippen LogP contribution >= 0.6 is 0 Å². The van der Waals surface area contributed by atoms with Gasteiger partial charge in [0, 0.05) is 30.2 Å². The maximum absolute atomic E-state index is 10.6. The molecule has 0 radical (unpaired) electrons. The van der Waals surface area contributed by atoms with Crippen LogP contribution in [0.5, 0.6) is 0 Å². The van der Waals surface area contributed by atoms with Crippen LogP contribution in [0.4, 0.5) is 11.4 Å². The Balaban J connectivity index is 1.71. The topological polar surface area (TPSA) is 72.5 Å². The average Bonchev–Trinajstić information content (AvgIpc) is 2.88. The van der Waals surface area contributed by atoms with Crippen molar-refractivity contribution in [2.45, 2.75) is 6.54 Å². The average molecular weight is 268 g/mol. The fourth-order valence-electron chi connectivity index (χ4n) is 1.97. The van der Waals surface area contributed by atoms with Gasteiger partial charge >= 0.3 is 0 Å². The molecular weight excluding hydrogens is 256 g/mol. The highest BCUT2D eigenvalue weighted by molar-refractivity contribution is 5.49. The summed E-state index contributed by atoms with van der Waals surface area (Å²) in [6, 6.07) is 12.2. The van der Waals surface area contributed by atoms with Crippen LogP contribution in [0.3, 0.4) is 0 Å². The summed E-state index contributed by atoms with van der Waals surface area (Å²) < 4.78 is 1.95. The molecule has 6 nitrogen and oxygen atoms in total. The zero-order valence-corrected chi connectivity index (χ0v) is 10.6. The van der Waals surface area contributed by atoms with Crippen LogP contribution in [0.25, 0.3) is 5.65 Å². The summed E-state index contributed by atoms with van der Waals surface area (Å²) in [4.78, 5) is 14.6. The number of pyridine rings is 1. The van der Waals surface area contributed by atoms with Gasteiger partial charge in [0.15, 0.2) is 0 Å². The summed E-state index contributed by atoms with van der Waals surface area (Å²) in [7, 11) is 0. The van der Waals surface area contributed by atoms with Crippen LogP contribution < -0.4 is 5.32 Å². The zero-order valence-electron chi connectivity index (χ0n) is 10.6. The fourth-order valence-corrected chi connectivity index (χ4v) is 1.97. The van der Waals surface area contributed by atoms with Crippen LogP contribution in [0, 0.1) is 10.1 Å². The number of nitrogens with zero attached hydrogens (tertiary/aromatic N) is 3. The second-order valence-corrected chi connectivity index (χ2v) is 4.36. The van der Waals surface area contributed by atoms with E-state index in [1.807, 2.05) is 35.0 Å². The highest BCUT2D eigenvalue weighted by Crippen LogP contribution is 2.16. The van der Waals surface area contributed by atoms with Crippen LogP contribution in [0.2, 0.25) is 0 Å². The largest absolute Gasteiger partial charge is 0.379 e. The number of imidazole rings is 1. The van der Waals surface area contributed by atoms with Crippen molar-refractivity contribution in [1.29, 1.82) is 0 Å². The van der Waals surface area contributed by atoms with Gasteiger partial charge in [-0.15, -0.1) is 0 Å². The third kappa shape index (κ3) is 2.44. The van der Waals surface area contributed by atoms with E-state index >= 15 is 0 Å². The molecule has 0 saturated heterocycles. The number of fused-ring (bicyclic) bond motifs is 1. The minimum atomic E-state index is -0.411. The van der Waals surface area contributed by atoms with Crippen molar-refractivity contribution in [2.75, 3.05) is 5.32 Å². The van der Waals surface area contributed by atoms with Crippen molar-refractivity contribution in [3.05, 3.63) is 70.7 Å². The molecule has 2 aromatic heterocycles. The molecule has 0 fully saturated rings. The lowest BCUT2D eigenvalue weighted by Gasteiger charge is -2.03. The Labute approximate surface area is 114 Å². The van der Waals surface area contributed by atoms with Gasteiger partial charge in [-0.05, 0) is 24.3 Å². The molecule has 0 spiro atoms. The molecule has 0 aliphatic carbocycles. The van der Waals surface area contributed by atoms with E-state index in [0.717, 1.165) is 17.0 Å². The summed E-state index contributed by atoms with van der Waals surface area (Å²) in [6.45, 7) is 0.569. The van der Waals surface area contributed by atoms with Gasteiger partial charge in [0.05, 0.1) is 17.2 Å². The molecule has 1 N–H and O–H groups in total. The molecule has 20 heavy (non-hydrogen) atoms. The maximum atomic E-state index is 10.6. The highest BCUT2D eigenvalue weighted by Gasteiger charge is 2.04. The Bertz CT molecular complexity index is 716. The Morgan fingerprint density at radius 1 is 1.20 bits per heavy atom. The highest BCUT2D eigenvalue weighted by atomic mass is 16.6. The van der Waals surface area contributed by atoms with Crippen molar-refractivity contribution in [3.8, 4) is 0 Å². The van der Waals surface area contributed by atoms with Gasteiger partial charge in [-0.3, -0.25) is 10.1 Å². The SMILES string of the molecule is O=[N+]([O-])c1ccc(NCc2cn3ccccc3n2)cc1. The predicted molar refractivity (Wildman–Crippen MR) is 75.6 cm³/mol. The number of hydrogen-bond donors (Lipinski definition) is 1. The van der Waals surface area contributed by atoms with E-state index in [1.165, 1.54) is 12.1 Å². The Morgan fingerprint density at radius 2 is 2.00 bits per heavy atom. The second kappa shape index (κ2) is 5.00. The standard InChI is InChI=1S/C14H12N4O2/c19-18(20)13-6-4-11(5-7-13)15-9-12-10-17-8-2-1-3-14(17)16-12/h1-8,10,15H,9H2. The van der Waals surface area contributed by atoms with Crippen molar-refractivity contribution in [2.24, 2.45) is 0 Å². The minimum absolute atomic E-state index is 0.0864. The monoisotopic (exact) mass is 268 g/mol. The number of aromatic nitrogens is 2. The number of hydrogen-bond acceptors (Lipinski definition) is 4. The van der Waals surface area contributed by atoms with Crippen molar-refractivity contribution in [3.63, 3.8) is 0 Å². The molecule has 100 valence electrons. The van der Waals surface area contributed by atoms with Crippen molar-refractivity contribution < 1.29 is 4.92 Å². The van der Waals surface area contributed by atoms with Crippen LogP contribution in [0.15, 0.2) is 54.9 Å². The molecule has 1 aromatic carbocycles. The van der Waals surface area contributed by atoms with Gasteiger partial charge in [-0.2, -0.15) is 0 Å². The first-order valence-corrected chi connectivity index (χ1v) is 6.13. The summed E-state index contributed by atoms with van der Waals surface area (Å²) >= 11 is 0. The van der Waals surface area contributed by atoms with E-state index < -0.39 is 4.92 Å². The van der Waals surface area contributed by atoms with Gasteiger partial charge in [-0.1, -0.05) is 6.07 Å². The van der Waals surface area contributed by atoms with Gasteiger partial charge in [-0.25, -0.2) is 4.98 Å². The molecule has 0 aliphatic heterocycles. The van der Waals surface area contributed by atoms with E-state index in [4.69, 9.17) is 0 Å². The van der Waals surface area contributed by atoms with Crippen LogP contribution in [-0.2, 0) is 6.54 Å². The van der Waals surface area contributed by atoms with E-state index in [-0.39, 0.29) is 5.69 Å². The quantitative estimate of drug-likeness (QED) is 0.583. The molecule has 6 heteroatoms. The van der Waals surface area contributed by atoms with Gasteiger partial charge < -0.3 is 9.72 Å². The number of nitro groups is 1. The zero-order chi connectivity index (χ0) is 13.9. The number of benzene rings is 1. The van der Waals surface area contributed by atoms with Gasteiger partial charge in [0.25, 0.3) is 5.69 Å². The fraction of sp³-hybridized carbons (Fsp3) is 0.0714. The maximum Gasteiger partial charge on any atom is 0.269 e. The minimum Gasteiger partial charge on any atom is -0.379 e. The summed E-state index contributed by atoms with van der Waals surface area (Å²) in [5.74, 6) is 0. The van der Waals surface area contributed by atoms with Crippen molar-refractivity contribution in [1.82, 2.24) is 9.38 Å². The molecule has 0 atom stereocenters. The lowest BCUT2D eigenvalue weighted by atomic mass is 10.3. The molecule has 0 saturated carbocycles. The van der Waals surface area contributed by atoms with Crippen molar-refractivity contribution >= 4 is 17.0 Å². The molecule has 3 rings (SSSR count). The summed E-state index contributed by atoms with van der Waals surface area (Å²) in [5.41, 5.74) is 2.72. The van der Waals surface area contributed by atoms with E-state index in [2.05, 4.69) is 10.3 Å². The number of rotatable bonds is 4. The third-order valence-electron chi connectivity index (χ3n) is 2.97. The van der Waals surface area contributed by atoms with Gasteiger partial charge in [0.1, 0.15) is 5.65 Å². The molecule has 2 heterocycles. The van der Waals surface area contributed by atoms with Crippen LogP contribution in [0.1, 0.15) is 5.69 Å². The number of nitro benzene ring substituents is 1. The summed E-state index contributed by atoms with van der Waals surface area (Å²) in [6.07, 6.45) is 3.89. The molecule has 0 aliphatic rings. The number of anilines is 1. The second-order valence-electron chi connectivity index (χ2n) is 4.36. The van der Waals surface area contributed by atoms with Gasteiger partial charge in [0.2, 0.25) is 0 Å². The van der Waals surface area contributed by atoms with E-state index in [9.17, 15) is 10.1 Å². The van der Waals surface area contributed by atoms with E-state index in [0.29, 0.717) is 6.54 Å². The smallest absolute Gasteiger partial charge is 0.269 e. The predicted octanol–water partition coefficient (Wildman–Crippen LogP) is 2.85. The molecule has 3 aromatic rings. The van der Waals surface area contributed by atoms with Crippen LogP contribution in [-0.4, -0.2) is 14.3 Å². The molecule has 0 amide bonds. The lowest BCUT2D eigenvalue weighted by Crippen LogP contribution is -1.99. The third-order valence-corrected chi connectivity index (χ3v) is 2.97. The Hall–Kier alpha value is -2.89. The molecular formula is C14H12N4O2. The van der Waals surface area contributed by atoms with E-state index in [1.54, 1.807) is 12.1 Å². The lowest BCUT2D eigenvalue weighted by molar-refractivity contribution is -0.384. The first-order valence-electron chi connectivity index (χ1n) is 6.13. The molecule has 0 bridgehead atoms. The Morgan fingerprint density at radius 3 is 2.70 bits per heavy atom. The summed E-state index contributed by atoms with van der Waals surface area (Å²) in [5, 5.41) is 13.8. The molecule has 0 unspecified atom stereocenters.